The summed E-state index contributed by atoms with van der Waals surface area (Å²) in [6.45, 7) is 0. The zero-order valence-electron chi connectivity index (χ0n) is 6.57. The minimum Gasteiger partial charge on any atom is -0.252 e. The van der Waals surface area contributed by atoms with E-state index in [1.54, 1.807) is 0 Å². The third kappa shape index (κ3) is 1.30. The van der Waals surface area contributed by atoms with Crippen molar-refractivity contribution >= 4 is 23.5 Å². The van der Waals surface area contributed by atoms with Crippen molar-refractivity contribution in [3.8, 4) is 0 Å². The van der Waals surface area contributed by atoms with E-state index >= 15 is 0 Å². The number of fused-ring (bicyclic) bond motifs is 1. The average Bonchev–Trinajstić information content (AvgIpc) is 2.17. The first-order valence-electron chi connectivity index (χ1n) is 3.86. The van der Waals surface area contributed by atoms with Crippen LogP contribution in [0.2, 0.25) is 0 Å². The minimum atomic E-state index is 0.699. The second-order valence-corrected chi connectivity index (χ2v) is 2.97. The predicted octanol–water partition coefficient (Wildman–Crippen LogP) is 2.66. The van der Waals surface area contributed by atoms with Crippen molar-refractivity contribution in [2.45, 2.75) is 5.75 Å². The fraction of sp³-hybridized carbons (Fsp3) is 0.100. The Kier molecular flexibility index (Phi) is 2.00. The van der Waals surface area contributed by atoms with Crippen LogP contribution in [0.4, 0.5) is 0 Å². The maximum atomic E-state index is 4.42. The number of pyridine rings is 1. The van der Waals surface area contributed by atoms with Crippen LogP contribution in [0.3, 0.4) is 0 Å². The second kappa shape index (κ2) is 3.15. The number of aromatic nitrogens is 1. The van der Waals surface area contributed by atoms with Crippen LogP contribution in [0.1, 0.15) is 5.69 Å². The van der Waals surface area contributed by atoms with Crippen LogP contribution in [-0.2, 0) is 5.75 Å². The summed E-state index contributed by atoms with van der Waals surface area (Å²) in [4.78, 5) is 4.42. The van der Waals surface area contributed by atoms with E-state index < -0.39 is 0 Å². The lowest BCUT2D eigenvalue weighted by Gasteiger charge is -1.98. The molecule has 2 aromatic rings. The summed E-state index contributed by atoms with van der Waals surface area (Å²) >= 11 is 4.17. The third-order valence-corrected chi connectivity index (χ3v) is 2.14. The first-order chi connectivity index (χ1) is 5.90. The molecule has 1 heterocycles. The lowest BCUT2D eigenvalue weighted by molar-refractivity contribution is 1.23. The van der Waals surface area contributed by atoms with Crippen LogP contribution in [0.5, 0.6) is 0 Å². The lowest BCUT2D eigenvalue weighted by atomic mass is 10.2. The largest absolute Gasteiger partial charge is 0.252 e. The van der Waals surface area contributed by atoms with Gasteiger partial charge in [-0.3, -0.25) is 4.98 Å². The Morgan fingerprint density at radius 3 is 2.75 bits per heavy atom. The average molecular weight is 175 g/mol. The monoisotopic (exact) mass is 175 g/mol. The van der Waals surface area contributed by atoms with Gasteiger partial charge in [0.25, 0.3) is 0 Å². The van der Waals surface area contributed by atoms with Crippen molar-refractivity contribution in [1.82, 2.24) is 4.98 Å². The topological polar surface area (TPSA) is 12.9 Å². The highest BCUT2D eigenvalue weighted by Gasteiger charge is 1.94. The van der Waals surface area contributed by atoms with Crippen molar-refractivity contribution in [2.75, 3.05) is 0 Å². The highest BCUT2D eigenvalue weighted by molar-refractivity contribution is 7.79. The van der Waals surface area contributed by atoms with E-state index in [4.69, 9.17) is 0 Å². The van der Waals surface area contributed by atoms with Crippen LogP contribution in [0, 0.1) is 0 Å². The zero-order chi connectivity index (χ0) is 8.39. The molecule has 60 valence electrons. The lowest BCUT2D eigenvalue weighted by Crippen LogP contribution is -1.84. The molecule has 0 unspecified atom stereocenters. The van der Waals surface area contributed by atoms with Gasteiger partial charge in [0.2, 0.25) is 0 Å². The second-order valence-electron chi connectivity index (χ2n) is 2.65. The molecule has 0 atom stereocenters. The number of benzene rings is 1. The number of hydrogen-bond acceptors (Lipinski definition) is 2. The molecule has 1 aromatic carbocycles. The molecule has 0 aliphatic heterocycles. The Hall–Kier alpha value is -1.02. The Bertz CT molecular complexity index is 398. The van der Waals surface area contributed by atoms with E-state index in [2.05, 4.69) is 29.7 Å². The summed E-state index contributed by atoms with van der Waals surface area (Å²) in [5.41, 5.74) is 2.07. The molecule has 0 radical (unpaired) electrons. The first kappa shape index (κ1) is 7.62. The number of nitrogens with zero attached hydrogens (tertiary/aromatic N) is 1. The highest BCUT2D eigenvalue weighted by atomic mass is 32.1. The molecule has 2 rings (SSSR count). The molecule has 0 aliphatic rings. The fourth-order valence-corrected chi connectivity index (χ4v) is 1.37. The molecule has 0 fully saturated rings. The van der Waals surface area contributed by atoms with Gasteiger partial charge in [-0.25, -0.2) is 0 Å². The Balaban J connectivity index is 2.67. The summed E-state index contributed by atoms with van der Waals surface area (Å²) in [6.07, 6.45) is 0. The van der Waals surface area contributed by atoms with Gasteiger partial charge in [-0.15, -0.1) is 0 Å². The number of hydrogen-bond donors (Lipinski definition) is 1. The predicted molar refractivity (Wildman–Crippen MR) is 54.4 cm³/mol. The zero-order valence-corrected chi connectivity index (χ0v) is 7.46. The fourth-order valence-electron chi connectivity index (χ4n) is 1.20. The van der Waals surface area contributed by atoms with E-state index in [-0.39, 0.29) is 0 Å². The molecule has 0 bridgehead atoms. The maximum absolute atomic E-state index is 4.42. The van der Waals surface area contributed by atoms with Crippen molar-refractivity contribution in [2.24, 2.45) is 0 Å². The van der Waals surface area contributed by atoms with Crippen LogP contribution < -0.4 is 0 Å². The van der Waals surface area contributed by atoms with Crippen molar-refractivity contribution in [1.29, 1.82) is 0 Å². The summed E-state index contributed by atoms with van der Waals surface area (Å²) in [6, 6.07) is 12.2. The van der Waals surface area contributed by atoms with Gasteiger partial charge in [0.15, 0.2) is 0 Å². The molecular formula is C10H9NS. The van der Waals surface area contributed by atoms with E-state index in [0.29, 0.717) is 5.75 Å². The molecular weight excluding hydrogens is 166 g/mol. The summed E-state index contributed by atoms with van der Waals surface area (Å²) in [7, 11) is 0. The number of thiol groups is 1. The van der Waals surface area contributed by atoms with Crippen molar-refractivity contribution < 1.29 is 0 Å². The van der Waals surface area contributed by atoms with Crippen LogP contribution in [0.15, 0.2) is 36.4 Å². The number of rotatable bonds is 1. The van der Waals surface area contributed by atoms with E-state index in [1.807, 2.05) is 24.3 Å². The van der Waals surface area contributed by atoms with Gasteiger partial charge >= 0.3 is 0 Å². The van der Waals surface area contributed by atoms with E-state index in [1.165, 1.54) is 5.39 Å². The molecule has 0 N–H and O–H groups in total. The molecule has 0 aliphatic carbocycles. The number of para-hydroxylation sites is 1. The van der Waals surface area contributed by atoms with Crippen LogP contribution in [0.25, 0.3) is 10.9 Å². The van der Waals surface area contributed by atoms with Crippen LogP contribution in [-0.4, -0.2) is 4.98 Å². The molecule has 0 saturated carbocycles. The molecule has 1 aromatic heterocycles. The van der Waals surface area contributed by atoms with Gasteiger partial charge in [-0.05, 0) is 12.1 Å². The van der Waals surface area contributed by atoms with Gasteiger partial charge in [0.1, 0.15) is 0 Å². The minimum absolute atomic E-state index is 0.699. The SMILES string of the molecule is SCc1ccc2ccccc2n1. The molecule has 0 amide bonds. The molecule has 0 spiro atoms. The van der Waals surface area contributed by atoms with Crippen molar-refractivity contribution in [3.63, 3.8) is 0 Å². The maximum Gasteiger partial charge on any atom is 0.0705 e. The van der Waals surface area contributed by atoms with Crippen molar-refractivity contribution in [3.05, 3.63) is 42.1 Å². The van der Waals surface area contributed by atoms with Gasteiger partial charge in [-0.2, -0.15) is 12.6 Å². The van der Waals surface area contributed by atoms with Crippen LogP contribution >= 0.6 is 12.6 Å². The summed E-state index contributed by atoms with van der Waals surface area (Å²) in [5.74, 6) is 0.699. The van der Waals surface area contributed by atoms with Gasteiger partial charge in [0, 0.05) is 11.1 Å². The highest BCUT2D eigenvalue weighted by Crippen LogP contribution is 2.12. The summed E-state index contributed by atoms with van der Waals surface area (Å²) < 4.78 is 0. The molecule has 0 saturated heterocycles. The first-order valence-corrected chi connectivity index (χ1v) is 4.49. The van der Waals surface area contributed by atoms with E-state index in [9.17, 15) is 0 Å². The standard InChI is InChI=1S/C10H9NS/c12-7-9-6-5-8-3-1-2-4-10(8)11-9/h1-6,12H,7H2. The third-order valence-electron chi connectivity index (χ3n) is 1.82. The Morgan fingerprint density at radius 2 is 1.92 bits per heavy atom. The molecule has 1 nitrogen and oxygen atoms in total. The molecule has 12 heavy (non-hydrogen) atoms. The Labute approximate surface area is 76.9 Å². The normalized spacial score (nSPS) is 10.4. The Morgan fingerprint density at radius 1 is 1.08 bits per heavy atom. The summed E-state index contributed by atoms with van der Waals surface area (Å²) in [5, 5.41) is 1.18. The molecule has 2 heteroatoms. The van der Waals surface area contributed by atoms with Gasteiger partial charge < -0.3 is 0 Å². The van der Waals surface area contributed by atoms with E-state index in [0.717, 1.165) is 11.2 Å². The van der Waals surface area contributed by atoms with Gasteiger partial charge in [0.05, 0.1) is 11.2 Å². The smallest absolute Gasteiger partial charge is 0.0705 e. The van der Waals surface area contributed by atoms with Gasteiger partial charge in [-0.1, -0.05) is 24.3 Å². The quantitative estimate of drug-likeness (QED) is 0.657.